The SMILES string of the molecule is Cc1cc(C(F)(F)C(F)(F)F)[nH]n1. The highest BCUT2D eigenvalue weighted by atomic mass is 19.4. The molecule has 0 bridgehead atoms. The maximum Gasteiger partial charge on any atom is 0.459 e. The highest BCUT2D eigenvalue weighted by Crippen LogP contribution is 2.42. The first-order chi connectivity index (χ1) is 5.75. The molecule has 1 N–H and O–H groups in total. The molecule has 1 heterocycles. The molecule has 1 rings (SSSR count). The fraction of sp³-hybridized carbons (Fsp3) is 0.500. The maximum absolute atomic E-state index is 12.5. The molecule has 0 spiro atoms. The third-order valence-corrected chi connectivity index (χ3v) is 1.40. The zero-order valence-corrected chi connectivity index (χ0v) is 6.41. The van der Waals surface area contributed by atoms with Gasteiger partial charge in [0.15, 0.2) is 0 Å². The number of aromatic nitrogens is 2. The number of nitrogens with zero attached hydrogens (tertiary/aromatic N) is 1. The maximum atomic E-state index is 12.5. The summed E-state index contributed by atoms with van der Waals surface area (Å²) in [6.07, 6.45) is -5.59. The summed E-state index contributed by atoms with van der Waals surface area (Å²) in [6, 6.07) is 0.660. The average molecular weight is 200 g/mol. The molecule has 74 valence electrons. The molecule has 0 saturated heterocycles. The lowest BCUT2D eigenvalue weighted by Crippen LogP contribution is -2.34. The number of alkyl halides is 5. The first kappa shape index (κ1) is 9.94. The molecular weight excluding hydrogens is 195 g/mol. The van der Waals surface area contributed by atoms with Gasteiger partial charge in [-0.05, 0) is 13.0 Å². The largest absolute Gasteiger partial charge is 0.459 e. The fourth-order valence-corrected chi connectivity index (χ4v) is 0.735. The molecule has 1 aromatic rings. The van der Waals surface area contributed by atoms with Crippen molar-refractivity contribution >= 4 is 0 Å². The van der Waals surface area contributed by atoms with Gasteiger partial charge in [-0.15, -0.1) is 0 Å². The number of aromatic amines is 1. The van der Waals surface area contributed by atoms with Gasteiger partial charge in [0, 0.05) is 0 Å². The van der Waals surface area contributed by atoms with Crippen LogP contribution in [0.1, 0.15) is 11.4 Å². The summed E-state index contributed by atoms with van der Waals surface area (Å²) in [5.74, 6) is -4.87. The van der Waals surface area contributed by atoms with E-state index in [9.17, 15) is 22.0 Å². The van der Waals surface area contributed by atoms with Crippen molar-refractivity contribution in [3.8, 4) is 0 Å². The molecule has 13 heavy (non-hydrogen) atoms. The van der Waals surface area contributed by atoms with Crippen LogP contribution in [0.2, 0.25) is 0 Å². The van der Waals surface area contributed by atoms with E-state index < -0.39 is 17.8 Å². The van der Waals surface area contributed by atoms with Gasteiger partial charge in [0.25, 0.3) is 0 Å². The molecule has 0 saturated carbocycles. The molecule has 1 aromatic heterocycles. The van der Waals surface area contributed by atoms with Crippen molar-refractivity contribution in [2.75, 3.05) is 0 Å². The first-order valence-electron chi connectivity index (χ1n) is 3.22. The smallest absolute Gasteiger partial charge is 0.276 e. The summed E-state index contributed by atoms with van der Waals surface area (Å²) in [5.41, 5.74) is -1.16. The minimum atomic E-state index is -5.59. The second kappa shape index (κ2) is 2.68. The summed E-state index contributed by atoms with van der Waals surface area (Å²) in [5, 5.41) is 4.82. The third-order valence-electron chi connectivity index (χ3n) is 1.40. The van der Waals surface area contributed by atoms with Crippen LogP contribution in [0.5, 0.6) is 0 Å². The lowest BCUT2D eigenvalue weighted by molar-refractivity contribution is -0.290. The van der Waals surface area contributed by atoms with E-state index in [1.807, 2.05) is 0 Å². The Kier molecular flexibility index (Phi) is 2.05. The second-order valence-electron chi connectivity index (χ2n) is 2.50. The summed E-state index contributed by atoms with van der Waals surface area (Å²) < 4.78 is 60.2. The molecule has 0 radical (unpaired) electrons. The third kappa shape index (κ3) is 1.63. The van der Waals surface area contributed by atoms with Gasteiger partial charge in [-0.2, -0.15) is 27.1 Å². The Morgan fingerprint density at radius 3 is 2.08 bits per heavy atom. The van der Waals surface area contributed by atoms with Gasteiger partial charge in [-0.1, -0.05) is 0 Å². The Labute approximate surface area is 69.8 Å². The summed E-state index contributed by atoms with van der Waals surface area (Å²) in [6.45, 7) is 1.31. The summed E-state index contributed by atoms with van der Waals surface area (Å²) in [7, 11) is 0. The van der Waals surface area contributed by atoms with Crippen LogP contribution in [-0.2, 0) is 5.92 Å². The Bertz CT molecular complexity index is 300. The highest BCUT2D eigenvalue weighted by Gasteiger charge is 2.59. The van der Waals surface area contributed by atoms with Crippen molar-refractivity contribution in [2.45, 2.75) is 19.0 Å². The number of nitrogens with one attached hydrogen (secondary N) is 1. The van der Waals surface area contributed by atoms with E-state index in [2.05, 4.69) is 5.10 Å². The summed E-state index contributed by atoms with van der Waals surface area (Å²) in [4.78, 5) is 0. The van der Waals surface area contributed by atoms with E-state index in [4.69, 9.17) is 0 Å². The molecule has 0 amide bonds. The fourth-order valence-electron chi connectivity index (χ4n) is 0.735. The van der Waals surface area contributed by atoms with Crippen LogP contribution in [0, 0.1) is 6.92 Å². The number of hydrogen-bond acceptors (Lipinski definition) is 1. The minimum absolute atomic E-state index is 0.0823. The Balaban J connectivity index is 3.07. The standard InChI is InChI=1S/C6H5F5N2/c1-3-2-4(13-12-3)5(7,8)6(9,10)11/h2H,1H3,(H,12,13). The van der Waals surface area contributed by atoms with E-state index in [0.29, 0.717) is 6.07 Å². The molecule has 2 nitrogen and oxygen atoms in total. The number of halogens is 5. The van der Waals surface area contributed by atoms with E-state index in [1.165, 1.54) is 6.92 Å². The molecule has 0 aromatic carbocycles. The summed E-state index contributed by atoms with van der Waals surface area (Å²) >= 11 is 0. The van der Waals surface area contributed by atoms with E-state index in [0.717, 1.165) is 0 Å². The van der Waals surface area contributed by atoms with Crippen LogP contribution in [0.3, 0.4) is 0 Å². The molecule has 0 aliphatic heterocycles. The zero-order chi connectivity index (χ0) is 10.3. The molecular formula is C6H5F5N2. The zero-order valence-electron chi connectivity index (χ0n) is 6.41. The quantitative estimate of drug-likeness (QED) is 0.692. The molecule has 0 aliphatic rings. The first-order valence-corrected chi connectivity index (χ1v) is 3.22. The van der Waals surface area contributed by atoms with Gasteiger partial charge in [0.05, 0.1) is 5.69 Å². The Morgan fingerprint density at radius 1 is 1.23 bits per heavy atom. The van der Waals surface area contributed by atoms with E-state index >= 15 is 0 Å². The van der Waals surface area contributed by atoms with Crippen LogP contribution in [-0.4, -0.2) is 16.4 Å². The molecule has 0 aliphatic carbocycles. The normalized spacial score (nSPS) is 13.4. The highest BCUT2D eigenvalue weighted by molar-refractivity contribution is 5.14. The molecule has 0 unspecified atom stereocenters. The number of H-pyrrole nitrogens is 1. The average Bonchev–Trinajstić information content (AvgIpc) is 2.33. The van der Waals surface area contributed by atoms with Gasteiger partial charge in [-0.3, -0.25) is 5.10 Å². The van der Waals surface area contributed by atoms with Crippen molar-refractivity contribution < 1.29 is 22.0 Å². The van der Waals surface area contributed by atoms with Gasteiger partial charge in [-0.25, -0.2) is 0 Å². The van der Waals surface area contributed by atoms with Crippen LogP contribution in [0.25, 0.3) is 0 Å². The van der Waals surface area contributed by atoms with Crippen LogP contribution in [0.15, 0.2) is 6.07 Å². The van der Waals surface area contributed by atoms with Crippen molar-refractivity contribution in [3.05, 3.63) is 17.5 Å². The Morgan fingerprint density at radius 2 is 1.77 bits per heavy atom. The van der Waals surface area contributed by atoms with Crippen LogP contribution >= 0.6 is 0 Å². The topological polar surface area (TPSA) is 28.7 Å². The van der Waals surface area contributed by atoms with Gasteiger partial charge >= 0.3 is 12.1 Å². The molecule has 7 heteroatoms. The van der Waals surface area contributed by atoms with Crippen LogP contribution < -0.4 is 0 Å². The molecule has 0 atom stereocenters. The predicted octanol–water partition coefficient (Wildman–Crippen LogP) is 2.37. The minimum Gasteiger partial charge on any atom is -0.276 e. The van der Waals surface area contributed by atoms with Gasteiger partial charge in [0.1, 0.15) is 5.69 Å². The lowest BCUT2D eigenvalue weighted by atomic mass is 10.2. The number of aryl methyl sites for hydroxylation is 1. The van der Waals surface area contributed by atoms with Crippen molar-refractivity contribution in [2.24, 2.45) is 0 Å². The van der Waals surface area contributed by atoms with Gasteiger partial charge in [0.2, 0.25) is 0 Å². The van der Waals surface area contributed by atoms with E-state index in [1.54, 1.807) is 5.10 Å². The molecule has 0 fully saturated rings. The number of rotatable bonds is 1. The lowest BCUT2D eigenvalue weighted by Gasteiger charge is -2.17. The van der Waals surface area contributed by atoms with Gasteiger partial charge < -0.3 is 0 Å². The Hall–Kier alpha value is -1.14. The van der Waals surface area contributed by atoms with E-state index in [-0.39, 0.29) is 5.69 Å². The van der Waals surface area contributed by atoms with Crippen molar-refractivity contribution in [1.82, 2.24) is 10.2 Å². The predicted molar refractivity (Wildman–Crippen MR) is 33.3 cm³/mol. The number of hydrogen-bond donors (Lipinski definition) is 1. The van der Waals surface area contributed by atoms with Crippen molar-refractivity contribution in [1.29, 1.82) is 0 Å². The second-order valence-corrected chi connectivity index (χ2v) is 2.50. The van der Waals surface area contributed by atoms with Crippen molar-refractivity contribution in [3.63, 3.8) is 0 Å². The monoisotopic (exact) mass is 200 g/mol. The van der Waals surface area contributed by atoms with Crippen LogP contribution in [0.4, 0.5) is 22.0 Å².